The number of aliphatic imine (C=N–C) groups is 1. The van der Waals surface area contributed by atoms with Crippen molar-refractivity contribution in [2.24, 2.45) is 4.99 Å². The number of hydrogen-bond donors (Lipinski definition) is 2. The van der Waals surface area contributed by atoms with Crippen molar-refractivity contribution in [1.29, 1.82) is 0 Å². The topological polar surface area (TPSA) is 64.1 Å². The van der Waals surface area contributed by atoms with Crippen molar-refractivity contribution in [3.05, 3.63) is 35.4 Å². The fourth-order valence-electron chi connectivity index (χ4n) is 4.16. The molecule has 2 bridgehead atoms. The van der Waals surface area contributed by atoms with Crippen LogP contribution in [-0.4, -0.2) is 50.6 Å². The molecule has 0 aliphatic carbocycles. The van der Waals surface area contributed by atoms with E-state index in [1.807, 2.05) is 7.05 Å². The molecule has 3 aliphatic rings. The predicted molar refractivity (Wildman–Crippen MR) is 120 cm³/mol. The van der Waals surface area contributed by atoms with E-state index < -0.39 is 0 Å². The van der Waals surface area contributed by atoms with Crippen LogP contribution in [-0.2, 0) is 27.4 Å². The summed E-state index contributed by atoms with van der Waals surface area (Å²) in [6.45, 7) is 3.06. The second kappa shape index (κ2) is 10.8. The fraction of sp³-hybridized carbons (Fsp3) is 0.667. The average molecular weight is 501 g/mol. The van der Waals surface area contributed by atoms with Gasteiger partial charge in [0.25, 0.3) is 0 Å². The van der Waals surface area contributed by atoms with E-state index in [1.165, 1.54) is 17.5 Å². The summed E-state index contributed by atoms with van der Waals surface area (Å²) in [6.07, 6.45) is 6.60. The number of nitrogens with zero attached hydrogens (tertiary/aromatic N) is 1. The van der Waals surface area contributed by atoms with Crippen molar-refractivity contribution in [3.8, 4) is 0 Å². The molecule has 0 saturated carbocycles. The van der Waals surface area contributed by atoms with Gasteiger partial charge in [0, 0.05) is 26.8 Å². The van der Waals surface area contributed by atoms with Crippen LogP contribution < -0.4 is 10.6 Å². The van der Waals surface area contributed by atoms with Crippen molar-refractivity contribution in [1.82, 2.24) is 10.6 Å². The minimum absolute atomic E-state index is 0. The number of benzene rings is 1. The lowest BCUT2D eigenvalue weighted by Gasteiger charge is -2.23. The normalized spacial score (nSPS) is 27.5. The van der Waals surface area contributed by atoms with E-state index in [-0.39, 0.29) is 24.0 Å². The van der Waals surface area contributed by atoms with Gasteiger partial charge in [0.15, 0.2) is 5.96 Å². The number of guanidine groups is 1. The van der Waals surface area contributed by atoms with Crippen LogP contribution in [0.15, 0.2) is 29.3 Å². The molecule has 7 heteroatoms. The lowest BCUT2D eigenvalue weighted by Crippen LogP contribution is -2.47. The zero-order chi connectivity index (χ0) is 18.5. The lowest BCUT2D eigenvalue weighted by atomic mass is 9.96. The van der Waals surface area contributed by atoms with Gasteiger partial charge in [-0.2, -0.15) is 0 Å². The van der Waals surface area contributed by atoms with Gasteiger partial charge in [-0.15, -0.1) is 24.0 Å². The predicted octanol–water partition coefficient (Wildman–Crippen LogP) is 2.99. The molecule has 156 valence electrons. The second-order valence-electron chi connectivity index (χ2n) is 7.73. The Morgan fingerprint density at radius 2 is 1.86 bits per heavy atom. The van der Waals surface area contributed by atoms with E-state index >= 15 is 0 Å². The molecular formula is C21H32IN3O3. The molecule has 3 fully saturated rings. The molecule has 1 aromatic carbocycles. The van der Waals surface area contributed by atoms with Crippen molar-refractivity contribution in [2.45, 2.75) is 69.6 Å². The highest BCUT2D eigenvalue weighted by Gasteiger charge is 2.41. The Hall–Kier alpha value is -0.900. The van der Waals surface area contributed by atoms with Crippen molar-refractivity contribution < 1.29 is 14.2 Å². The maximum atomic E-state index is 5.99. The van der Waals surface area contributed by atoms with E-state index in [0.717, 1.165) is 51.4 Å². The summed E-state index contributed by atoms with van der Waals surface area (Å²) in [5.74, 6) is 0.850. The van der Waals surface area contributed by atoms with Crippen LogP contribution in [0.1, 0.15) is 43.2 Å². The van der Waals surface area contributed by atoms with Crippen LogP contribution in [0.25, 0.3) is 0 Å². The molecule has 0 radical (unpaired) electrons. The zero-order valence-electron chi connectivity index (χ0n) is 16.6. The first-order valence-corrected chi connectivity index (χ1v) is 10.2. The van der Waals surface area contributed by atoms with Crippen molar-refractivity contribution in [2.75, 3.05) is 20.3 Å². The molecule has 6 nitrogen and oxygen atoms in total. The molecule has 1 aromatic rings. The molecular weight excluding hydrogens is 469 g/mol. The Balaban J connectivity index is 0.00000225. The van der Waals surface area contributed by atoms with Gasteiger partial charge >= 0.3 is 0 Å². The molecule has 3 aliphatic heterocycles. The van der Waals surface area contributed by atoms with Crippen LogP contribution in [0.4, 0.5) is 0 Å². The van der Waals surface area contributed by atoms with E-state index in [4.69, 9.17) is 14.2 Å². The number of rotatable bonds is 6. The Kier molecular flexibility index (Phi) is 8.37. The largest absolute Gasteiger partial charge is 0.381 e. The Bertz CT molecular complexity index is 634. The van der Waals surface area contributed by atoms with Crippen LogP contribution in [0.2, 0.25) is 0 Å². The highest BCUT2D eigenvalue weighted by molar-refractivity contribution is 14.0. The van der Waals surface area contributed by atoms with Crippen LogP contribution in [0.3, 0.4) is 0 Å². The van der Waals surface area contributed by atoms with Crippen molar-refractivity contribution in [3.63, 3.8) is 0 Å². The fourth-order valence-corrected chi connectivity index (χ4v) is 4.16. The molecule has 0 amide bonds. The third-order valence-electron chi connectivity index (χ3n) is 5.79. The van der Waals surface area contributed by atoms with Gasteiger partial charge in [-0.05, 0) is 43.2 Å². The molecule has 3 heterocycles. The number of fused-ring (bicyclic) bond motifs is 2. The third kappa shape index (κ3) is 5.81. The van der Waals surface area contributed by atoms with Crippen LogP contribution >= 0.6 is 24.0 Å². The first-order valence-electron chi connectivity index (χ1n) is 10.2. The molecule has 4 rings (SSSR count). The smallest absolute Gasteiger partial charge is 0.191 e. The molecule has 3 atom stereocenters. The summed E-state index contributed by atoms with van der Waals surface area (Å²) in [5, 5.41) is 6.93. The summed E-state index contributed by atoms with van der Waals surface area (Å²) in [4.78, 5) is 4.36. The second-order valence-corrected chi connectivity index (χ2v) is 7.73. The lowest BCUT2D eigenvalue weighted by molar-refractivity contribution is -0.0390. The Morgan fingerprint density at radius 3 is 2.50 bits per heavy atom. The minimum Gasteiger partial charge on any atom is -0.381 e. The van der Waals surface area contributed by atoms with Gasteiger partial charge < -0.3 is 24.8 Å². The minimum atomic E-state index is 0. The summed E-state index contributed by atoms with van der Waals surface area (Å²) in [7, 11) is 1.82. The monoisotopic (exact) mass is 501 g/mol. The number of nitrogens with one attached hydrogen (secondary N) is 2. The highest BCUT2D eigenvalue weighted by Crippen LogP contribution is 2.34. The standard InChI is InChI=1S/C21H31N3O3.HI/c1-22-21(24-19-12-18-6-7-20(19)27-18)23-13-15-2-4-16(5-3-15)14-26-17-8-10-25-11-9-17;/h2-5,17-20H,6-14H2,1H3,(H2,22,23,24);1H. The number of hydrogen-bond acceptors (Lipinski definition) is 4. The van der Waals surface area contributed by atoms with E-state index in [1.54, 1.807) is 0 Å². The van der Waals surface area contributed by atoms with Crippen molar-refractivity contribution >= 4 is 29.9 Å². The third-order valence-corrected chi connectivity index (χ3v) is 5.79. The summed E-state index contributed by atoms with van der Waals surface area (Å²) in [6, 6.07) is 9.00. The molecule has 3 unspecified atom stereocenters. The van der Waals surface area contributed by atoms with Gasteiger partial charge in [-0.25, -0.2) is 0 Å². The van der Waals surface area contributed by atoms with E-state index in [2.05, 4.69) is 39.9 Å². The summed E-state index contributed by atoms with van der Waals surface area (Å²) >= 11 is 0. The van der Waals surface area contributed by atoms with Crippen LogP contribution in [0.5, 0.6) is 0 Å². The van der Waals surface area contributed by atoms with E-state index in [0.29, 0.717) is 31.0 Å². The average Bonchev–Trinajstić information content (AvgIpc) is 3.34. The zero-order valence-corrected chi connectivity index (χ0v) is 18.9. The number of halogens is 1. The Labute approximate surface area is 184 Å². The van der Waals surface area contributed by atoms with Gasteiger partial charge in [0.1, 0.15) is 0 Å². The molecule has 3 saturated heterocycles. The SMILES string of the molecule is CN=C(NCc1ccc(COC2CCOCC2)cc1)NC1CC2CCC1O2.I. The molecule has 0 spiro atoms. The van der Waals surface area contributed by atoms with Gasteiger partial charge in [-0.1, -0.05) is 24.3 Å². The molecule has 0 aromatic heterocycles. The first-order chi connectivity index (χ1) is 13.3. The van der Waals surface area contributed by atoms with Gasteiger partial charge in [0.05, 0.1) is 31.0 Å². The maximum Gasteiger partial charge on any atom is 0.191 e. The maximum absolute atomic E-state index is 5.99. The van der Waals surface area contributed by atoms with Gasteiger partial charge in [-0.3, -0.25) is 4.99 Å². The van der Waals surface area contributed by atoms with Crippen LogP contribution in [0, 0.1) is 0 Å². The Morgan fingerprint density at radius 1 is 1.11 bits per heavy atom. The highest BCUT2D eigenvalue weighted by atomic mass is 127. The van der Waals surface area contributed by atoms with E-state index in [9.17, 15) is 0 Å². The summed E-state index contributed by atoms with van der Waals surface area (Å²) in [5.41, 5.74) is 2.45. The summed E-state index contributed by atoms with van der Waals surface area (Å²) < 4.78 is 17.3. The van der Waals surface area contributed by atoms with Gasteiger partial charge in [0.2, 0.25) is 0 Å². The quantitative estimate of drug-likeness (QED) is 0.357. The number of ether oxygens (including phenoxy) is 3. The first kappa shape index (κ1) is 21.8. The molecule has 2 N–H and O–H groups in total. The molecule has 28 heavy (non-hydrogen) atoms.